The van der Waals surface area contributed by atoms with Gasteiger partial charge in [0.05, 0.1) is 5.75 Å². The molecule has 0 radical (unpaired) electrons. The molecule has 32 heavy (non-hydrogen) atoms. The molecule has 0 aliphatic carbocycles. The zero-order valence-electron chi connectivity index (χ0n) is 18.4. The molecule has 1 fully saturated rings. The van der Waals surface area contributed by atoms with Crippen LogP contribution in [0.2, 0.25) is 5.15 Å². The molecule has 0 saturated carbocycles. The lowest BCUT2D eigenvalue weighted by atomic mass is 10.1. The van der Waals surface area contributed by atoms with Gasteiger partial charge in [-0.1, -0.05) is 23.4 Å². The number of aromatic nitrogens is 2. The lowest BCUT2D eigenvalue weighted by molar-refractivity contribution is -0.127. The van der Waals surface area contributed by atoms with Gasteiger partial charge in [-0.05, 0) is 45.0 Å². The number of nitrogens with zero attached hydrogens (tertiary/aromatic N) is 5. The number of hydrogen-bond acceptors (Lipinski definition) is 6. The highest BCUT2D eigenvalue weighted by molar-refractivity contribution is 7.99. The van der Waals surface area contributed by atoms with Gasteiger partial charge in [0.15, 0.2) is 5.16 Å². The summed E-state index contributed by atoms with van der Waals surface area (Å²) in [5, 5.41) is 0.760. The molecule has 1 aliphatic rings. The van der Waals surface area contributed by atoms with E-state index in [2.05, 4.69) is 14.9 Å². The smallest absolute Gasteiger partial charge is 0.254 e. The van der Waals surface area contributed by atoms with E-state index in [-0.39, 0.29) is 29.4 Å². The van der Waals surface area contributed by atoms with E-state index < -0.39 is 0 Å². The highest BCUT2D eigenvalue weighted by atomic mass is 35.5. The summed E-state index contributed by atoms with van der Waals surface area (Å²) in [5.41, 5.74) is 0.466. The lowest BCUT2D eigenvalue weighted by Gasteiger charge is -2.40. The Morgan fingerprint density at radius 2 is 1.88 bits per heavy atom. The van der Waals surface area contributed by atoms with E-state index in [1.54, 1.807) is 15.9 Å². The fourth-order valence-corrected chi connectivity index (χ4v) is 4.62. The second-order valence-corrected chi connectivity index (χ2v) is 8.82. The second kappa shape index (κ2) is 11.0. The molecule has 0 bridgehead atoms. The van der Waals surface area contributed by atoms with Crippen LogP contribution in [-0.4, -0.2) is 76.1 Å². The maximum atomic E-state index is 13.2. The summed E-state index contributed by atoms with van der Waals surface area (Å²) < 4.78 is 13.2. The molecule has 0 N–H and O–H groups in total. The third kappa shape index (κ3) is 5.89. The van der Waals surface area contributed by atoms with Crippen molar-refractivity contribution in [2.75, 3.05) is 43.4 Å². The van der Waals surface area contributed by atoms with Crippen LogP contribution in [-0.2, 0) is 4.79 Å². The van der Waals surface area contributed by atoms with E-state index in [9.17, 15) is 14.0 Å². The highest BCUT2D eigenvalue weighted by Crippen LogP contribution is 2.25. The van der Waals surface area contributed by atoms with Crippen LogP contribution in [0.5, 0.6) is 0 Å². The molecular formula is C22H27ClFN5O2S. The first kappa shape index (κ1) is 24.3. The lowest BCUT2D eigenvalue weighted by Crippen LogP contribution is -2.54. The van der Waals surface area contributed by atoms with Crippen molar-refractivity contribution >= 4 is 41.0 Å². The van der Waals surface area contributed by atoms with Crippen LogP contribution < -0.4 is 4.90 Å². The second-order valence-electron chi connectivity index (χ2n) is 7.49. The number of carbonyl (C=O) groups is 2. The van der Waals surface area contributed by atoms with Crippen LogP contribution in [0.3, 0.4) is 0 Å². The van der Waals surface area contributed by atoms with Crippen molar-refractivity contribution < 1.29 is 14.0 Å². The predicted octanol–water partition coefficient (Wildman–Crippen LogP) is 3.58. The molecule has 1 unspecified atom stereocenters. The Hall–Kier alpha value is -2.39. The molecule has 1 aromatic heterocycles. The van der Waals surface area contributed by atoms with Crippen molar-refractivity contribution in [1.29, 1.82) is 0 Å². The molecule has 7 nitrogen and oxygen atoms in total. The number of rotatable bonds is 7. The summed E-state index contributed by atoms with van der Waals surface area (Å²) >= 11 is 7.49. The van der Waals surface area contributed by atoms with Crippen LogP contribution in [0.25, 0.3) is 0 Å². The average Bonchev–Trinajstić information content (AvgIpc) is 2.78. The topological polar surface area (TPSA) is 69.6 Å². The Morgan fingerprint density at radius 3 is 2.50 bits per heavy atom. The Morgan fingerprint density at radius 1 is 1.19 bits per heavy atom. The van der Waals surface area contributed by atoms with Crippen LogP contribution in [0.4, 0.5) is 10.2 Å². The minimum absolute atomic E-state index is 0.0340. The molecule has 2 aromatic rings. The third-order valence-electron chi connectivity index (χ3n) is 5.41. The molecule has 2 amide bonds. The monoisotopic (exact) mass is 479 g/mol. The first-order chi connectivity index (χ1) is 15.3. The fraction of sp³-hybridized carbons (Fsp3) is 0.455. The van der Waals surface area contributed by atoms with E-state index >= 15 is 0 Å². The molecule has 1 aromatic carbocycles. The van der Waals surface area contributed by atoms with Crippen molar-refractivity contribution in [1.82, 2.24) is 19.8 Å². The van der Waals surface area contributed by atoms with E-state index in [1.807, 2.05) is 20.8 Å². The number of anilines is 1. The van der Waals surface area contributed by atoms with Crippen molar-refractivity contribution in [3.63, 3.8) is 0 Å². The first-order valence-corrected chi connectivity index (χ1v) is 11.9. The van der Waals surface area contributed by atoms with E-state index in [4.69, 9.17) is 11.6 Å². The van der Waals surface area contributed by atoms with Crippen LogP contribution in [0, 0.1) is 5.82 Å². The molecule has 3 rings (SSSR count). The number of thioether (sulfide) groups is 1. The maximum absolute atomic E-state index is 13.2. The van der Waals surface area contributed by atoms with Gasteiger partial charge in [0.2, 0.25) is 5.91 Å². The summed E-state index contributed by atoms with van der Waals surface area (Å²) in [5.74, 6) is 0.462. The number of hydrogen-bond donors (Lipinski definition) is 0. The minimum Gasteiger partial charge on any atom is -0.353 e. The van der Waals surface area contributed by atoms with Gasteiger partial charge in [-0.25, -0.2) is 14.4 Å². The summed E-state index contributed by atoms with van der Waals surface area (Å²) in [6, 6.07) is 7.22. The maximum Gasteiger partial charge on any atom is 0.254 e. The summed E-state index contributed by atoms with van der Waals surface area (Å²) in [6.07, 6.45) is 0. The van der Waals surface area contributed by atoms with Gasteiger partial charge in [-0.15, -0.1) is 0 Å². The zero-order chi connectivity index (χ0) is 23.3. The molecule has 10 heteroatoms. The quantitative estimate of drug-likeness (QED) is 0.343. The van der Waals surface area contributed by atoms with Gasteiger partial charge in [0.25, 0.3) is 5.91 Å². The Labute approximate surface area is 196 Å². The Kier molecular flexibility index (Phi) is 8.31. The van der Waals surface area contributed by atoms with Gasteiger partial charge < -0.3 is 14.7 Å². The van der Waals surface area contributed by atoms with Crippen LogP contribution >= 0.6 is 23.4 Å². The minimum atomic E-state index is -0.368. The van der Waals surface area contributed by atoms with Crippen LogP contribution in [0.15, 0.2) is 35.5 Å². The predicted molar refractivity (Wildman–Crippen MR) is 125 cm³/mol. The Balaban J connectivity index is 1.66. The number of benzene rings is 1. The van der Waals surface area contributed by atoms with Gasteiger partial charge in [0, 0.05) is 50.4 Å². The number of amides is 2. The largest absolute Gasteiger partial charge is 0.353 e. The summed E-state index contributed by atoms with van der Waals surface area (Å²) in [6.45, 7) is 8.84. The number of carbonyl (C=O) groups excluding carboxylic acids is 2. The zero-order valence-corrected chi connectivity index (χ0v) is 20.0. The van der Waals surface area contributed by atoms with E-state index in [0.717, 1.165) is 0 Å². The van der Waals surface area contributed by atoms with Gasteiger partial charge in [-0.3, -0.25) is 9.59 Å². The van der Waals surface area contributed by atoms with Crippen molar-refractivity contribution in [2.24, 2.45) is 0 Å². The molecule has 1 aliphatic heterocycles. The normalized spacial score (nSPS) is 16.2. The molecule has 1 atom stereocenters. The van der Waals surface area contributed by atoms with Gasteiger partial charge in [0.1, 0.15) is 16.8 Å². The van der Waals surface area contributed by atoms with E-state index in [0.29, 0.717) is 54.4 Å². The molecule has 1 saturated heterocycles. The third-order valence-corrected chi connectivity index (χ3v) is 6.43. The molecule has 0 spiro atoms. The first-order valence-electron chi connectivity index (χ1n) is 10.6. The molecule has 2 heterocycles. The fourth-order valence-electron chi connectivity index (χ4n) is 3.63. The van der Waals surface area contributed by atoms with Gasteiger partial charge >= 0.3 is 0 Å². The van der Waals surface area contributed by atoms with Crippen molar-refractivity contribution in [2.45, 2.75) is 32.0 Å². The molecule has 172 valence electrons. The SMILES string of the molecule is CCN(CC)C(=O)CSc1nc(Cl)cc(N2CCN(C(=O)c3ccc(F)cc3)C(C)C2)n1. The molecular weight excluding hydrogens is 453 g/mol. The Bertz CT molecular complexity index is 958. The summed E-state index contributed by atoms with van der Waals surface area (Å²) in [7, 11) is 0. The average molecular weight is 480 g/mol. The number of piperazine rings is 1. The van der Waals surface area contributed by atoms with Crippen LogP contribution in [0.1, 0.15) is 31.1 Å². The highest BCUT2D eigenvalue weighted by Gasteiger charge is 2.29. The standard InChI is InChI=1S/C22H27ClFN5O2S/c1-4-27(5-2)20(30)14-32-22-25-18(23)12-19(26-22)28-10-11-29(15(3)13-28)21(31)16-6-8-17(24)9-7-16/h6-9,12,15H,4-5,10-11,13-14H2,1-3H3. The summed E-state index contributed by atoms with van der Waals surface area (Å²) in [4.78, 5) is 39.5. The van der Waals surface area contributed by atoms with Gasteiger partial charge in [-0.2, -0.15) is 0 Å². The van der Waals surface area contributed by atoms with Crippen molar-refractivity contribution in [3.05, 3.63) is 46.9 Å². The number of halogens is 2. The van der Waals surface area contributed by atoms with Crippen molar-refractivity contribution in [3.8, 4) is 0 Å². The van der Waals surface area contributed by atoms with E-state index in [1.165, 1.54) is 36.0 Å².